The summed E-state index contributed by atoms with van der Waals surface area (Å²) in [6.07, 6.45) is -6.22. The predicted molar refractivity (Wildman–Crippen MR) is 22.5 cm³/mol. The van der Waals surface area contributed by atoms with E-state index >= 15 is 0 Å². The van der Waals surface area contributed by atoms with Crippen molar-refractivity contribution in [2.75, 3.05) is 0 Å². The first kappa shape index (κ1) is 0.997. The summed E-state index contributed by atoms with van der Waals surface area (Å²) in [6.45, 7) is -2.18. The van der Waals surface area contributed by atoms with E-state index in [2.05, 4.69) is 0 Å². The Bertz CT molecular complexity index is 188. The molecule has 2 heteroatoms. The minimum Gasteiger partial charge on any atom is -0.481 e. The second kappa shape index (κ2) is 2.69. The van der Waals surface area contributed by atoms with Gasteiger partial charge < -0.3 is 5.11 Å². The van der Waals surface area contributed by atoms with Crippen molar-refractivity contribution in [2.45, 2.75) is 19.6 Å². The van der Waals surface area contributed by atoms with Gasteiger partial charge in [-0.05, 0) is 6.37 Å². The predicted octanol–water partition coefficient (Wildman–Crippen LogP) is 0.871. The highest BCUT2D eigenvalue weighted by Gasteiger charge is 1.87. The summed E-state index contributed by atoms with van der Waals surface area (Å²) >= 11 is 0. The zero-order valence-corrected chi connectivity index (χ0v) is 2.93. The maximum atomic E-state index is 10.2. The fraction of sp³-hybridized carbons (Fsp3) is 0.750. The van der Waals surface area contributed by atoms with Crippen molar-refractivity contribution in [3.8, 4) is 0 Å². The number of carbonyl (C=O) groups is 1. The topological polar surface area (TPSA) is 37.3 Å². The number of hydrogen-bond donors (Lipinski definition) is 1. The molecule has 0 spiro atoms. The molecule has 0 unspecified atom stereocenters. The van der Waals surface area contributed by atoms with Crippen molar-refractivity contribution in [3.05, 3.63) is 0 Å². The maximum Gasteiger partial charge on any atom is 0.303 e. The van der Waals surface area contributed by atoms with E-state index in [0.717, 1.165) is 0 Å². The molecule has 0 bridgehead atoms. The van der Waals surface area contributed by atoms with E-state index in [1.807, 2.05) is 0 Å². The monoisotopic (exact) mass is 94.1 g/mol. The van der Waals surface area contributed by atoms with Gasteiger partial charge in [-0.1, -0.05) is 6.88 Å². The molecule has 0 atom stereocenters. The van der Waals surface area contributed by atoms with Gasteiger partial charge >= 0.3 is 5.97 Å². The van der Waals surface area contributed by atoms with Crippen LogP contribution in [0.5, 0.6) is 0 Å². The molecule has 6 heavy (non-hydrogen) atoms. The summed E-state index contributed by atoms with van der Waals surface area (Å²) < 4.78 is 40.5. The Hall–Kier alpha value is -0.530. The zero-order chi connectivity index (χ0) is 10.2. The number of aliphatic carboxylic acids is 1. The Morgan fingerprint density at radius 3 is 3.17 bits per heavy atom. The average molecular weight is 94.1 g/mol. The molecule has 0 rings (SSSR count). The highest BCUT2D eigenvalue weighted by Crippen LogP contribution is 1.82. The molecule has 0 aliphatic rings. The first-order chi connectivity index (χ1) is 5.14. The van der Waals surface area contributed by atoms with Crippen molar-refractivity contribution >= 4 is 5.97 Å². The largest absolute Gasteiger partial charge is 0.481 e. The van der Waals surface area contributed by atoms with Crippen molar-refractivity contribution in [3.63, 3.8) is 0 Å². The summed E-state index contributed by atoms with van der Waals surface area (Å²) in [5.74, 6) is -2.00. The van der Waals surface area contributed by atoms with Crippen LogP contribution < -0.4 is 0 Å². The lowest BCUT2D eigenvalue weighted by Crippen LogP contribution is -1.90. The van der Waals surface area contributed by atoms with Crippen LogP contribution in [0, 0.1) is 0 Å². The van der Waals surface area contributed by atoms with Gasteiger partial charge in [0, 0.05) is 14.6 Å². The summed E-state index contributed by atoms with van der Waals surface area (Å²) in [7, 11) is 0. The summed E-state index contributed by atoms with van der Waals surface area (Å²) in [4.78, 5) is 10.2. The fourth-order valence-corrected chi connectivity index (χ4v) is 0.0617. The molecule has 1 N–H and O–H groups in total. The quantitative estimate of drug-likeness (QED) is 0.551. The molecule has 36 valence electrons. The van der Waals surface area contributed by atoms with Crippen LogP contribution >= 0.6 is 0 Å². The second-order valence-electron chi connectivity index (χ2n) is 0.574. The lowest BCUT2D eigenvalue weighted by molar-refractivity contribution is -0.137. The lowest BCUT2D eigenvalue weighted by atomic mass is 10.4. The minimum absolute atomic E-state index is 2.00. The van der Waals surface area contributed by atoms with E-state index in [0.29, 0.717) is 0 Å². The molecule has 0 amide bonds. The third-order valence-electron chi connectivity index (χ3n) is 0.179. The van der Waals surface area contributed by atoms with E-state index in [9.17, 15) is 4.79 Å². The van der Waals surface area contributed by atoms with Crippen molar-refractivity contribution in [1.29, 1.82) is 0 Å². The van der Waals surface area contributed by atoms with Crippen LogP contribution in [0.15, 0.2) is 0 Å². The van der Waals surface area contributed by atoms with Crippen LogP contribution in [-0.4, -0.2) is 11.1 Å². The summed E-state index contributed by atoms with van der Waals surface area (Å²) in [6, 6.07) is 0. The van der Waals surface area contributed by atoms with Crippen LogP contribution in [0.3, 0.4) is 0 Å². The molecule has 0 saturated carbocycles. The highest BCUT2D eigenvalue weighted by atomic mass is 16.4. The van der Waals surface area contributed by atoms with E-state index in [4.69, 9.17) is 13.3 Å². The molecule has 0 aromatic rings. The Kier molecular flexibility index (Phi) is 0.448. The number of hydrogen-bond acceptors (Lipinski definition) is 1. The summed E-state index contributed by atoms with van der Waals surface area (Å²) in [5.41, 5.74) is 0. The van der Waals surface area contributed by atoms with Crippen LogP contribution in [0.1, 0.15) is 27.8 Å². The Labute approximate surface area is 45.2 Å². The molecule has 0 heterocycles. The van der Waals surface area contributed by atoms with Crippen molar-refractivity contribution in [2.24, 2.45) is 0 Å². The zero-order valence-electron chi connectivity index (χ0n) is 8.93. The minimum atomic E-state index is -3.21. The Balaban J connectivity index is 4.88. The average Bonchev–Trinajstić information content (AvgIpc) is 1.86. The summed E-state index contributed by atoms with van der Waals surface area (Å²) in [5, 5.41) is 8.24. The van der Waals surface area contributed by atoms with Gasteiger partial charge in [0.1, 0.15) is 0 Å². The van der Waals surface area contributed by atoms with Gasteiger partial charge in [-0.3, -0.25) is 4.79 Å². The second-order valence-corrected chi connectivity index (χ2v) is 0.574. The van der Waals surface area contributed by atoms with E-state index in [-0.39, 0.29) is 0 Å². The van der Waals surface area contributed by atoms with Gasteiger partial charge in [0.2, 0.25) is 0 Å². The maximum absolute atomic E-state index is 10.2. The van der Waals surface area contributed by atoms with Crippen LogP contribution in [0.4, 0.5) is 0 Å². The normalized spacial score (nSPS) is 28.2. The molecule has 0 saturated heterocycles. The number of carboxylic acids is 1. The molecule has 0 aromatic heterocycles. The van der Waals surface area contributed by atoms with Gasteiger partial charge in [-0.25, -0.2) is 0 Å². The Morgan fingerprint density at radius 1 is 2.33 bits per heavy atom. The van der Waals surface area contributed by atoms with Crippen molar-refractivity contribution in [1.82, 2.24) is 0 Å². The standard InChI is InChI=1S/C4H8O2/c1-2-3-4(5)6/h2-3H2,1H3,(H,5,6)/i1D2,2D2,3D2. The van der Waals surface area contributed by atoms with E-state index in [1.165, 1.54) is 0 Å². The molecule has 0 aliphatic carbocycles. The molecular formula is C4H8O2. The van der Waals surface area contributed by atoms with Crippen LogP contribution in [0.2, 0.25) is 0 Å². The van der Waals surface area contributed by atoms with Gasteiger partial charge in [-0.2, -0.15) is 0 Å². The Morgan fingerprint density at radius 2 is 3.00 bits per heavy atom. The van der Waals surface area contributed by atoms with E-state index < -0.39 is 25.6 Å². The third kappa shape index (κ3) is 3.47. The first-order valence-corrected chi connectivity index (χ1v) is 1.22. The fourth-order valence-electron chi connectivity index (χ4n) is 0.0617. The molecular weight excluding hydrogens is 80.0 g/mol. The molecule has 0 aromatic carbocycles. The highest BCUT2D eigenvalue weighted by molar-refractivity contribution is 5.66. The number of rotatable bonds is 2. The number of carboxylic acid groups (broad SMARTS) is 1. The van der Waals surface area contributed by atoms with Gasteiger partial charge in [0.25, 0.3) is 0 Å². The van der Waals surface area contributed by atoms with E-state index in [1.54, 1.807) is 0 Å². The van der Waals surface area contributed by atoms with Gasteiger partial charge in [0.05, 0.1) is 0 Å². The molecule has 0 aliphatic heterocycles. The molecule has 2 nitrogen and oxygen atoms in total. The van der Waals surface area contributed by atoms with Crippen LogP contribution in [-0.2, 0) is 4.79 Å². The molecule has 0 fully saturated rings. The third-order valence-corrected chi connectivity index (χ3v) is 0.179. The first-order valence-electron chi connectivity index (χ1n) is 4.37. The molecule has 0 radical (unpaired) electrons. The SMILES string of the molecule is [2H]C([2H])C([2H])([2H])C([2H])([2H])C(=O)O. The lowest BCUT2D eigenvalue weighted by Gasteiger charge is -1.79. The van der Waals surface area contributed by atoms with Crippen LogP contribution in [0.25, 0.3) is 0 Å². The van der Waals surface area contributed by atoms with Gasteiger partial charge in [-0.15, -0.1) is 0 Å². The smallest absolute Gasteiger partial charge is 0.303 e. The van der Waals surface area contributed by atoms with Gasteiger partial charge in [0.15, 0.2) is 0 Å². The van der Waals surface area contributed by atoms with Crippen molar-refractivity contribution < 1.29 is 18.1 Å².